The highest BCUT2D eigenvalue weighted by Gasteiger charge is 2.26. The van der Waals surface area contributed by atoms with Gasteiger partial charge in [0.1, 0.15) is 4.83 Å². The number of methoxy groups -OCH3 is 1. The maximum Gasteiger partial charge on any atom is 0.320 e. The molecule has 1 aromatic carbocycles. The number of carbonyl (C=O) groups excluding carboxylic acids is 1. The van der Waals surface area contributed by atoms with Crippen LogP contribution >= 0.6 is 31.9 Å². The van der Waals surface area contributed by atoms with E-state index in [1.165, 1.54) is 7.11 Å². The van der Waals surface area contributed by atoms with Crippen molar-refractivity contribution < 1.29 is 9.53 Å². The van der Waals surface area contributed by atoms with Gasteiger partial charge in [0.05, 0.1) is 11.9 Å². The van der Waals surface area contributed by atoms with Crippen LogP contribution in [-0.2, 0) is 9.53 Å². The topological polar surface area (TPSA) is 26.3 Å². The Hall–Kier alpha value is -0.350. The van der Waals surface area contributed by atoms with E-state index in [0.717, 1.165) is 11.1 Å². The first kappa shape index (κ1) is 12.7. The van der Waals surface area contributed by atoms with Crippen LogP contribution in [0.2, 0.25) is 0 Å². The highest BCUT2D eigenvalue weighted by molar-refractivity contribution is 9.12. The molecule has 0 unspecified atom stereocenters. The molecule has 0 saturated heterocycles. The fraction of sp³-hybridized carbons (Fsp3) is 0.364. The van der Waals surface area contributed by atoms with Crippen LogP contribution in [0.4, 0.5) is 0 Å². The summed E-state index contributed by atoms with van der Waals surface area (Å²) in [5.41, 5.74) is 2.23. The molecule has 0 fully saturated rings. The molecule has 0 heterocycles. The van der Waals surface area contributed by atoms with Gasteiger partial charge in [-0.3, -0.25) is 4.79 Å². The number of benzene rings is 1. The van der Waals surface area contributed by atoms with Crippen LogP contribution in [-0.4, -0.2) is 17.9 Å². The van der Waals surface area contributed by atoms with Gasteiger partial charge in [0, 0.05) is 0 Å². The molecule has 0 aliphatic heterocycles. The molecule has 0 radical (unpaired) electrons. The van der Waals surface area contributed by atoms with Gasteiger partial charge < -0.3 is 4.74 Å². The minimum absolute atomic E-state index is 0.0776. The molecular formula is C11H12Br2O2. The molecule has 82 valence electrons. The fourth-order valence-corrected chi connectivity index (χ4v) is 2.49. The summed E-state index contributed by atoms with van der Waals surface area (Å²) in [6.07, 6.45) is 0. The van der Waals surface area contributed by atoms with Crippen LogP contribution in [0, 0.1) is 6.92 Å². The maximum atomic E-state index is 11.3. The Morgan fingerprint density at radius 1 is 1.33 bits per heavy atom. The predicted octanol–water partition coefficient (Wildman–Crippen LogP) is 3.37. The molecule has 0 N–H and O–H groups in total. The van der Waals surface area contributed by atoms with Gasteiger partial charge in [-0.15, -0.1) is 0 Å². The number of ether oxygens (including phenoxy) is 1. The van der Waals surface area contributed by atoms with E-state index in [2.05, 4.69) is 36.6 Å². The zero-order valence-corrected chi connectivity index (χ0v) is 11.7. The molecule has 15 heavy (non-hydrogen) atoms. The van der Waals surface area contributed by atoms with E-state index < -0.39 is 0 Å². The Balaban J connectivity index is 2.89. The van der Waals surface area contributed by atoms with Gasteiger partial charge in [-0.2, -0.15) is 0 Å². The zero-order chi connectivity index (χ0) is 11.4. The van der Waals surface area contributed by atoms with E-state index in [1.807, 2.05) is 31.2 Å². The Morgan fingerprint density at radius 2 is 1.93 bits per heavy atom. The van der Waals surface area contributed by atoms with Crippen molar-refractivity contribution in [1.82, 2.24) is 0 Å². The number of rotatable bonds is 3. The second-order valence-electron chi connectivity index (χ2n) is 3.18. The van der Waals surface area contributed by atoms with Gasteiger partial charge >= 0.3 is 5.97 Å². The third-order valence-corrected chi connectivity index (χ3v) is 4.80. The molecule has 0 aromatic heterocycles. The largest absolute Gasteiger partial charge is 0.468 e. The average molecular weight is 336 g/mol. The van der Waals surface area contributed by atoms with Crippen LogP contribution in [0.1, 0.15) is 16.0 Å². The number of hydrogen-bond donors (Lipinski definition) is 0. The quantitative estimate of drug-likeness (QED) is 0.625. The number of halogens is 2. The SMILES string of the molecule is COC(=O)[C@@H](Br)[C@@H](Br)c1ccccc1C. The van der Waals surface area contributed by atoms with Crippen molar-refractivity contribution in [1.29, 1.82) is 0 Å². The maximum absolute atomic E-state index is 11.3. The monoisotopic (exact) mass is 334 g/mol. The summed E-state index contributed by atoms with van der Waals surface area (Å²) in [6, 6.07) is 7.93. The smallest absolute Gasteiger partial charge is 0.320 e. The molecule has 1 rings (SSSR count). The Kier molecular flexibility index (Phi) is 4.80. The molecule has 0 aliphatic carbocycles. The lowest BCUT2D eigenvalue weighted by Crippen LogP contribution is -2.20. The van der Waals surface area contributed by atoms with E-state index in [0.29, 0.717) is 0 Å². The van der Waals surface area contributed by atoms with Crippen LogP contribution in [0.3, 0.4) is 0 Å². The average Bonchev–Trinajstić information content (AvgIpc) is 2.26. The third kappa shape index (κ3) is 3.05. The van der Waals surface area contributed by atoms with Gasteiger partial charge in [-0.05, 0) is 18.1 Å². The van der Waals surface area contributed by atoms with E-state index in [4.69, 9.17) is 0 Å². The molecule has 1 aromatic rings. The number of hydrogen-bond acceptors (Lipinski definition) is 2. The third-order valence-electron chi connectivity index (χ3n) is 2.17. The first-order valence-corrected chi connectivity index (χ1v) is 6.32. The molecule has 0 amide bonds. The summed E-state index contributed by atoms with van der Waals surface area (Å²) in [5.74, 6) is -0.278. The van der Waals surface area contributed by atoms with Crippen molar-refractivity contribution in [2.75, 3.05) is 7.11 Å². The van der Waals surface area contributed by atoms with Gasteiger partial charge in [-0.25, -0.2) is 0 Å². The molecular weight excluding hydrogens is 324 g/mol. The first-order chi connectivity index (χ1) is 7.07. The van der Waals surface area contributed by atoms with Crippen LogP contribution in [0.15, 0.2) is 24.3 Å². The summed E-state index contributed by atoms with van der Waals surface area (Å²) < 4.78 is 4.68. The highest BCUT2D eigenvalue weighted by Crippen LogP contribution is 2.33. The molecule has 0 spiro atoms. The standard InChI is InChI=1S/C11H12Br2O2/c1-7-5-3-4-6-8(7)9(12)10(13)11(14)15-2/h3-6,9-10H,1-2H3/t9-,10-/m0/s1. The van der Waals surface area contributed by atoms with Crippen LogP contribution in [0.5, 0.6) is 0 Å². The number of carbonyl (C=O) groups is 1. The second-order valence-corrected chi connectivity index (χ2v) is 5.16. The number of esters is 1. The Bertz CT molecular complexity index is 352. The summed E-state index contributed by atoms with van der Waals surface area (Å²) in [6.45, 7) is 2.01. The van der Waals surface area contributed by atoms with Crippen molar-refractivity contribution in [2.45, 2.75) is 16.6 Å². The molecule has 2 nitrogen and oxygen atoms in total. The van der Waals surface area contributed by atoms with Gasteiger partial charge in [-0.1, -0.05) is 56.1 Å². The lowest BCUT2D eigenvalue weighted by molar-refractivity contribution is -0.139. The first-order valence-electron chi connectivity index (χ1n) is 4.49. The zero-order valence-electron chi connectivity index (χ0n) is 8.54. The van der Waals surface area contributed by atoms with E-state index >= 15 is 0 Å². The number of aryl methyl sites for hydroxylation is 1. The lowest BCUT2D eigenvalue weighted by atomic mass is 10.0. The normalized spacial score (nSPS) is 14.4. The van der Waals surface area contributed by atoms with E-state index in [1.54, 1.807) is 0 Å². The van der Waals surface area contributed by atoms with Gasteiger partial charge in [0.25, 0.3) is 0 Å². The van der Waals surface area contributed by atoms with Gasteiger partial charge in [0.2, 0.25) is 0 Å². The van der Waals surface area contributed by atoms with Crippen molar-refractivity contribution in [3.63, 3.8) is 0 Å². The fourth-order valence-electron chi connectivity index (χ4n) is 1.29. The second kappa shape index (κ2) is 5.66. The highest BCUT2D eigenvalue weighted by atomic mass is 79.9. The van der Waals surface area contributed by atoms with Crippen LogP contribution in [0.25, 0.3) is 0 Å². The summed E-state index contributed by atoms with van der Waals surface area (Å²) in [5, 5.41) is 0. The van der Waals surface area contributed by atoms with Crippen molar-refractivity contribution in [3.8, 4) is 0 Å². The molecule has 0 aliphatic rings. The summed E-state index contributed by atoms with van der Waals surface area (Å²) in [7, 11) is 1.38. The molecule has 0 bridgehead atoms. The van der Waals surface area contributed by atoms with E-state index in [9.17, 15) is 4.79 Å². The number of alkyl halides is 2. The van der Waals surface area contributed by atoms with Crippen molar-refractivity contribution in [3.05, 3.63) is 35.4 Å². The lowest BCUT2D eigenvalue weighted by Gasteiger charge is -2.16. The van der Waals surface area contributed by atoms with Crippen molar-refractivity contribution in [2.24, 2.45) is 0 Å². The van der Waals surface area contributed by atoms with Crippen molar-refractivity contribution >= 4 is 37.8 Å². The summed E-state index contributed by atoms with van der Waals surface area (Å²) >= 11 is 6.81. The minimum Gasteiger partial charge on any atom is -0.468 e. The summed E-state index contributed by atoms with van der Waals surface area (Å²) in [4.78, 5) is 10.9. The predicted molar refractivity (Wildman–Crippen MR) is 67.6 cm³/mol. The van der Waals surface area contributed by atoms with Gasteiger partial charge in [0.15, 0.2) is 0 Å². The molecule has 2 atom stereocenters. The molecule has 0 saturated carbocycles. The molecule has 4 heteroatoms. The van der Waals surface area contributed by atoms with E-state index in [-0.39, 0.29) is 15.6 Å². The Labute approximate surface area is 106 Å². The Morgan fingerprint density at radius 3 is 2.47 bits per heavy atom. The van der Waals surface area contributed by atoms with Crippen LogP contribution < -0.4 is 0 Å². The minimum atomic E-state index is -0.372.